The van der Waals surface area contributed by atoms with E-state index in [-0.39, 0.29) is 11.7 Å². The second-order valence-electron chi connectivity index (χ2n) is 6.15. The fourth-order valence-electron chi connectivity index (χ4n) is 3.48. The van der Waals surface area contributed by atoms with Crippen molar-refractivity contribution in [1.82, 2.24) is 0 Å². The molecule has 0 aromatic heterocycles. The molecule has 1 fully saturated rings. The molecule has 2 aromatic rings. The summed E-state index contributed by atoms with van der Waals surface area (Å²) in [5.74, 6) is 0.725. The maximum Gasteiger partial charge on any atom is 0.226 e. The summed E-state index contributed by atoms with van der Waals surface area (Å²) in [6, 6.07) is 16.9. The van der Waals surface area contributed by atoms with Crippen LogP contribution in [0, 0.1) is 0 Å². The third-order valence-electron chi connectivity index (χ3n) is 4.65. The van der Waals surface area contributed by atoms with Gasteiger partial charge in [-0.2, -0.15) is 0 Å². The van der Waals surface area contributed by atoms with Crippen molar-refractivity contribution in [2.75, 3.05) is 0 Å². The van der Waals surface area contributed by atoms with Crippen LogP contribution in [-0.4, -0.2) is 5.24 Å². The molecule has 3 rings (SSSR count). The molecule has 0 amide bonds. The minimum absolute atomic E-state index is 0.280. The summed E-state index contributed by atoms with van der Waals surface area (Å²) < 4.78 is 0. The van der Waals surface area contributed by atoms with E-state index in [0.717, 1.165) is 22.6 Å². The Morgan fingerprint density at radius 2 is 1.64 bits per heavy atom. The first-order valence-electron chi connectivity index (χ1n) is 8.10. The summed E-state index contributed by atoms with van der Waals surface area (Å²) >= 11 is 5.56. The Balaban J connectivity index is 1.85. The number of carbonyl (C=O) groups excluding carboxylic acids is 1. The minimum atomic E-state index is -0.314. The fraction of sp³-hybridized carbons (Fsp3) is 0.350. The van der Waals surface area contributed by atoms with E-state index in [4.69, 9.17) is 11.6 Å². The molecule has 2 heteroatoms. The van der Waals surface area contributed by atoms with Crippen molar-refractivity contribution < 1.29 is 4.79 Å². The summed E-state index contributed by atoms with van der Waals surface area (Å²) in [6.45, 7) is 0. The molecule has 0 radical (unpaired) electrons. The largest absolute Gasteiger partial charge is 0.281 e. The molecule has 0 unspecified atom stereocenters. The lowest BCUT2D eigenvalue weighted by Gasteiger charge is -2.22. The quantitative estimate of drug-likeness (QED) is 0.661. The lowest BCUT2D eigenvalue weighted by molar-refractivity contribution is -0.111. The molecule has 0 spiro atoms. The first-order chi connectivity index (χ1) is 10.7. The van der Waals surface area contributed by atoms with E-state index in [2.05, 4.69) is 30.3 Å². The van der Waals surface area contributed by atoms with E-state index in [9.17, 15) is 4.79 Å². The molecule has 1 aliphatic carbocycles. The van der Waals surface area contributed by atoms with Gasteiger partial charge in [-0.05, 0) is 52.6 Å². The molecule has 0 bridgehead atoms. The van der Waals surface area contributed by atoms with Gasteiger partial charge in [0.1, 0.15) is 0 Å². The van der Waals surface area contributed by atoms with E-state index >= 15 is 0 Å². The number of carbonyl (C=O) groups is 1. The predicted octanol–water partition coefficient (Wildman–Crippen LogP) is 5.71. The topological polar surface area (TPSA) is 17.1 Å². The number of hydrogen-bond donors (Lipinski definition) is 0. The van der Waals surface area contributed by atoms with Crippen molar-refractivity contribution in [2.45, 2.75) is 44.4 Å². The Labute approximate surface area is 137 Å². The zero-order chi connectivity index (χ0) is 15.4. The minimum Gasteiger partial charge on any atom is -0.281 e. The van der Waals surface area contributed by atoms with Gasteiger partial charge in [0.2, 0.25) is 5.24 Å². The van der Waals surface area contributed by atoms with Crippen LogP contribution in [0.25, 0.3) is 11.1 Å². The van der Waals surface area contributed by atoms with E-state index in [1.165, 1.54) is 37.7 Å². The van der Waals surface area contributed by atoms with Crippen LogP contribution in [-0.2, 0) is 11.2 Å². The van der Waals surface area contributed by atoms with Gasteiger partial charge in [-0.1, -0.05) is 67.8 Å². The van der Waals surface area contributed by atoms with Gasteiger partial charge in [-0.25, -0.2) is 0 Å². The zero-order valence-electron chi connectivity index (χ0n) is 12.7. The molecule has 0 atom stereocenters. The van der Waals surface area contributed by atoms with Crippen LogP contribution in [0.5, 0.6) is 0 Å². The van der Waals surface area contributed by atoms with Crippen LogP contribution < -0.4 is 0 Å². The Kier molecular flexibility index (Phi) is 4.94. The average Bonchev–Trinajstić information content (AvgIpc) is 2.56. The maximum absolute atomic E-state index is 11.2. The van der Waals surface area contributed by atoms with Gasteiger partial charge in [-0.3, -0.25) is 4.79 Å². The van der Waals surface area contributed by atoms with Crippen LogP contribution >= 0.6 is 11.6 Å². The van der Waals surface area contributed by atoms with Gasteiger partial charge >= 0.3 is 0 Å². The number of halogens is 1. The second-order valence-corrected chi connectivity index (χ2v) is 6.57. The number of benzene rings is 2. The first-order valence-corrected chi connectivity index (χ1v) is 8.48. The molecule has 0 saturated heterocycles. The highest BCUT2D eigenvalue weighted by molar-refractivity contribution is 6.63. The van der Waals surface area contributed by atoms with Gasteiger partial charge in [0.15, 0.2) is 0 Å². The van der Waals surface area contributed by atoms with E-state index in [1.807, 2.05) is 18.2 Å². The van der Waals surface area contributed by atoms with E-state index < -0.39 is 0 Å². The predicted molar refractivity (Wildman–Crippen MR) is 92.3 cm³/mol. The first kappa shape index (κ1) is 15.3. The molecule has 1 aliphatic rings. The average molecular weight is 313 g/mol. The van der Waals surface area contributed by atoms with Gasteiger partial charge < -0.3 is 0 Å². The van der Waals surface area contributed by atoms with Crippen molar-refractivity contribution in [1.29, 1.82) is 0 Å². The molecule has 1 saturated carbocycles. The van der Waals surface area contributed by atoms with Gasteiger partial charge in [0, 0.05) is 6.42 Å². The molecule has 2 aromatic carbocycles. The van der Waals surface area contributed by atoms with Crippen LogP contribution in [0.4, 0.5) is 0 Å². The van der Waals surface area contributed by atoms with Crippen molar-refractivity contribution in [3.8, 4) is 11.1 Å². The Morgan fingerprint density at radius 3 is 2.32 bits per heavy atom. The Morgan fingerprint density at radius 1 is 0.955 bits per heavy atom. The van der Waals surface area contributed by atoms with Crippen LogP contribution in [0.2, 0.25) is 0 Å². The number of rotatable bonds is 4. The van der Waals surface area contributed by atoms with Crippen molar-refractivity contribution in [2.24, 2.45) is 0 Å². The fourth-order valence-corrected chi connectivity index (χ4v) is 3.62. The molecule has 0 aliphatic heterocycles. The summed E-state index contributed by atoms with van der Waals surface area (Å²) in [4.78, 5) is 11.2. The van der Waals surface area contributed by atoms with Crippen LogP contribution in [0.1, 0.15) is 49.1 Å². The summed E-state index contributed by atoms with van der Waals surface area (Å²) in [5.41, 5.74) is 4.71. The summed E-state index contributed by atoms with van der Waals surface area (Å²) in [6.07, 6.45) is 7.00. The normalized spacial score (nSPS) is 15.7. The molecule has 1 nitrogen and oxygen atoms in total. The Hall–Kier alpha value is -1.60. The number of hydrogen-bond acceptors (Lipinski definition) is 1. The van der Waals surface area contributed by atoms with Gasteiger partial charge in [-0.15, -0.1) is 0 Å². The standard InChI is InChI=1S/C20H21ClO/c21-20(22)14-18-8-4-5-9-19(18)17-12-10-16(11-13-17)15-6-2-1-3-7-15/h4-5,8-13,15H,1-3,6-7,14H2. The van der Waals surface area contributed by atoms with Gasteiger partial charge in [0.05, 0.1) is 0 Å². The third-order valence-corrected chi connectivity index (χ3v) is 4.78. The third kappa shape index (κ3) is 3.59. The lowest BCUT2D eigenvalue weighted by atomic mass is 9.83. The summed E-state index contributed by atoms with van der Waals surface area (Å²) in [7, 11) is 0. The van der Waals surface area contributed by atoms with Crippen LogP contribution in [0.3, 0.4) is 0 Å². The molecule has 0 heterocycles. The Bertz CT molecular complexity index is 639. The summed E-state index contributed by atoms with van der Waals surface area (Å²) in [5, 5.41) is -0.314. The monoisotopic (exact) mass is 312 g/mol. The van der Waals surface area contributed by atoms with Crippen molar-refractivity contribution in [3.05, 3.63) is 59.7 Å². The lowest BCUT2D eigenvalue weighted by Crippen LogP contribution is -2.04. The SMILES string of the molecule is O=C(Cl)Cc1ccccc1-c1ccc(C2CCCCC2)cc1. The second kappa shape index (κ2) is 7.11. The molecule has 22 heavy (non-hydrogen) atoms. The smallest absolute Gasteiger partial charge is 0.226 e. The van der Waals surface area contributed by atoms with Crippen LogP contribution in [0.15, 0.2) is 48.5 Å². The maximum atomic E-state index is 11.2. The highest BCUT2D eigenvalue weighted by atomic mass is 35.5. The highest BCUT2D eigenvalue weighted by Crippen LogP contribution is 2.34. The molecular formula is C20H21ClO. The van der Waals surface area contributed by atoms with E-state index in [0.29, 0.717) is 0 Å². The highest BCUT2D eigenvalue weighted by Gasteiger charge is 2.15. The molecule has 114 valence electrons. The van der Waals surface area contributed by atoms with Crippen molar-refractivity contribution in [3.63, 3.8) is 0 Å². The molecule has 0 N–H and O–H groups in total. The van der Waals surface area contributed by atoms with Gasteiger partial charge in [0.25, 0.3) is 0 Å². The van der Waals surface area contributed by atoms with E-state index in [1.54, 1.807) is 0 Å². The zero-order valence-corrected chi connectivity index (χ0v) is 13.5. The molecular weight excluding hydrogens is 292 g/mol. The van der Waals surface area contributed by atoms with Crippen molar-refractivity contribution >= 4 is 16.8 Å².